The number of aryl methyl sites for hydroxylation is 1. The van der Waals surface area contributed by atoms with E-state index in [2.05, 4.69) is 20.9 Å². The maximum absolute atomic E-state index is 13.8. The van der Waals surface area contributed by atoms with Gasteiger partial charge in [-0.05, 0) is 69.5 Å². The molecule has 0 bridgehead atoms. The third kappa shape index (κ3) is 7.93. The first-order valence-electron chi connectivity index (χ1n) is 9.74. The number of nitrogens with zero attached hydrogens (tertiary/aromatic N) is 1. The SMILES string of the molecule is CN=C(NCc1cccc(C(=O)NC(C)(C)C)c1)NC(C)c1ccc(C)c(F)c1.I. The molecular weight excluding hydrogens is 494 g/mol. The zero-order chi connectivity index (χ0) is 21.6. The molecule has 1 unspecified atom stereocenters. The summed E-state index contributed by atoms with van der Waals surface area (Å²) in [4.78, 5) is 16.6. The largest absolute Gasteiger partial charge is 0.352 e. The number of hydrogen-bond donors (Lipinski definition) is 3. The smallest absolute Gasteiger partial charge is 0.251 e. The zero-order valence-electron chi connectivity index (χ0n) is 18.5. The van der Waals surface area contributed by atoms with Crippen LogP contribution in [0, 0.1) is 12.7 Å². The van der Waals surface area contributed by atoms with Crippen LogP contribution in [0.5, 0.6) is 0 Å². The Balaban J connectivity index is 0.00000450. The van der Waals surface area contributed by atoms with Crippen LogP contribution >= 0.6 is 24.0 Å². The molecule has 0 saturated carbocycles. The summed E-state index contributed by atoms with van der Waals surface area (Å²) in [6.45, 7) is 10.1. The Kier molecular flexibility index (Phi) is 9.74. The van der Waals surface area contributed by atoms with Crippen molar-refractivity contribution in [3.63, 3.8) is 0 Å². The highest BCUT2D eigenvalue weighted by atomic mass is 127. The van der Waals surface area contributed by atoms with Gasteiger partial charge in [-0.3, -0.25) is 9.79 Å². The van der Waals surface area contributed by atoms with Crippen LogP contribution in [0.4, 0.5) is 4.39 Å². The van der Waals surface area contributed by atoms with Gasteiger partial charge in [-0.2, -0.15) is 0 Å². The molecule has 0 aliphatic heterocycles. The molecular formula is C23H32FIN4O. The van der Waals surface area contributed by atoms with Crippen LogP contribution in [0.1, 0.15) is 60.8 Å². The Morgan fingerprint density at radius 3 is 2.47 bits per heavy atom. The predicted octanol–water partition coefficient (Wildman–Crippen LogP) is 4.71. The number of carbonyl (C=O) groups is 1. The van der Waals surface area contributed by atoms with Crippen LogP contribution in [0.3, 0.4) is 0 Å². The average Bonchev–Trinajstić information content (AvgIpc) is 2.66. The Bertz CT molecular complexity index is 893. The van der Waals surface area contributed by atoms with E-state index in [0.29, 0.717) is 23.6 Å². The second-order valence-corrected chi connectivity index (χ2v) is 8.20. The van der Waals surface area contributed by atoms with Crippen molar-refractivity contribution in [3.8, 4) is 0 Å². The highest BCUT2D eigenvalue weighted by Crippen LogP contribution is 2.16. The van der Waals surface area contributed by atoms with E-state index in [9.17, 15) is 9.18 Å². The normalized spacial score (nSPS) is 12.6. The molecule has 7 heteroatoms. The Hall–Kier alpha value is -2.16. The fourth-order valence-electron chi connectivity index (χ4n) is 2.78. The molecule has 0 aliphatic carbocycles. The van der Waals surface area contributed by atoms with Crippen molar-refractivity contribution in [1.29, 1.82) is 0 Å². The van der Waals surface area contributed by atoms with E-state index in [1.165, 1.54) is 6.07 Å². The van der Waals surface area contributed by atoms with Gasteiger partial charge in [0.1, 0.15) is 5.82 Å². The molecule has 5 nitrogen and oxygen atoms in total. The minimum absolute atomic E-state index is 0. The van der Waals surface area contributed by atoms with Crippen LogP contribution < -0.4 is 16.0 Å². The number of hydrogen-bond acceptors (Lipinski definition) is 2. The van der Waals surface area contributed by atoms with Gasteiger partial charge in [-0.25, -0.2) is 4.39 Å². The second-order valence-electron chi connectivity index (χ2n) is 8.20. The molecule has 164 valence electrons. The van der Waals surface area contributed by atoms with Gasteiger partial charge in [-0.15, -0.1) is 24.0 Å². The number of carbonyl (C=O) groups excluding carboxylic acids is 1. The quantitative estimate of drug-likeness (QED) is 0.301. The average molecular weight is 526 g/mol. The summed E-state index contributed by atoms with van der Waals surface area (Å²) in [5, 5.41) is 9.47. The number of aliphatic imine (C=N–C) groups is 1. The molecule has 0 radical (unpaired) electrons. The van der Waals surface area contributed by atoms with Crippen LogP contribution in [-0.4, -0.2) is 24.5 Å². The molecule has 2 aromatic carbocycles. The molecule has 1 atom stereocenters. The highest BCUT2D eigenvalue weighted by molar-refractivity contribution is 14.0. The number of nitrogens with one attached hydrogen (secondary N) is 3. The van der Waals surface area contributed by atoms with E-state index in [0.717, 1.165) is 11.1 Å². The van der Waals surface area contributed by atoms with Gasteiger partial charge in [0.05, 0.1) is 6.04 Å². The summed E-state index contributed by atoms with van der Waals surface area (Å²) in [6, 6.07) is 12.6. The lowest BCUT2D eigenvalue weighted by atomic mass is 10.1. The Labute approximate surface area is 196 Å². The van der Waals surface area contributed by atoms with Crippen LogP contribution in [0.15, 0.2) is 47.5 Å². The molecule has 3 N–H and O–H groups in total. The molecule has 0 aliphatic rings. The molecule has 0 spiro atoms. The maximum atomic E-state index is 13.8. The highest BCUT2D eigenvalue weighted by Gasteiger charge is 2.15. The van der Waals surface area contributed by atoms with Gasteiger partial charge in [0.25, 0.3) is 5.91 Å². The summed E-state index contributed by atoms with van der Waals surface area (Å²) in [5.41, 5.74) is 2.76. The van der Waals surface area contributed by atoms with Gasteiger partial charge < -0.3 is 16.0 Å². The van der Waals surface area contributed by atoms with Gasteiger partial charge in [-0.1, -0.05) is 24.3 Å². The van der Waals surface area contributed by atoms with Crippen molar-refractivity contribution in [3.05, 3.63) is 70.5 Å². The number of guanidine groups is 1. The van der Waals surface area contributed by atoms with E-state index >= 15 is 0 Å². The van der Waals surface area contributed by atoms with Gasteiger partial charge in [0.2, 0.25) is 0 Å². The van der Waals surface area contributed by atoms with E-state index in [1.54, 1.807) is 26.1 Å². The van der Waals surface area contributed by atoms with Crippen molar-refractivity contribution in [1.82, 2.24) is 16.0 Å². The van der Waals surface area contributed by atoms with E-state index in [1.807, 2.05) is 52.0 Å². The second kappa shape index (κ2) is 11.3. The number of benzene rings is 2. The van der Waals surface area contributed by atoms with E-state index in [4.69, 9.17) is 0 Å². The first-order chi connectivity index (χ1) is 13.6. The molecule has 0 aromatic heterocycles. The number of amides is 1. The molecule has 0 heterocycles. The zero-order valence-corrected chi connectivity index (χ0v) is 20.8. The lowest BCUT2D eigenvalue weighted by Gasteiger charge is -2.21. The van der Waals surface area contributed by atoms with Crippen LogP contribution in [-0.2, 0) is 6.54 Å². The number of halogens is 2. The molecule has 1 amide bonds. The molecule has 0 fully saturated rings. The van der Waals surface area contributed by atoms with Crippen molar-refractivity contribution >= 4 is 35.8 Å². The summed E-state index contributed by atoms with van der Waals surface area (Å²) < 4.78 is 13.8. The topological polar surface area (TPSA) is 65.5 Å². The summed E-state index contributed by atoms with van der Waals surface area (Å²) in [6.07, 6.45) is 0. The van der Waals surface area contributed by atoms with Crippen LogP contribution in [0.2, 0.25) is 0 Å². The lowest BCUT2D eigenvalue weighted by Crippen LogP contribution is -2.40. The van der Waals surface area contributed by atoms with Crippen molar-refractivity contribution in [2.75, 3.05) is 7.05 Å². The first-order valence-corrected chi connectivity index (χ1v) is 9.74. The Morgan fingerprint density at radius 1 is 1.17 bits per heavy atom. The molecule has 0 saturated heterocycles. The maximum Gasteiger partial charge on any atom is 0.251 e. The van der Waals surface area contributed by atoms with E-state index in [-0.39, 0.29) is 47.3 Å². The molecule has 2 rings (SSSR count). The van der Waals surface area contributed by atoms with Gasteiger partial charge in [0, 0.05) is 24.7 Å². The third-order valence-corrected chi connectivity index (χ3v) is 4.41. The lowest BCUT2D eigenvalue weighted by molar-refractivity contribution is 0.0919. The van der Waals surface area contributed by atoms with Gasteiger partial charge >= 0.3 is 0 Å². The van der Waals surface area contributed by atoms with Crippen molar-refractivity contribution in [2.45, 2.75) is 52.7 Å². The summed E-state index contributed by atoms with van der Waals surface area (Å²) in [5.74, 6) is 0.282. The first kappa shape index (κ1) is 25.9. The van der Waals surface area contributed by atoms with Gasteiger partial charge in [0.15, 0.2) is 5.96 Å². The summed E-state index contributed by atoms with van der Waals surface area (Å²) >= 11 is 0. The summed E-state index contributed by atoms with van der Waals surface area (Å²) in [7, 11) is 1.69. The van der Waals surface area contributed by atoms with Crippen molar-refractivity contribution in [2.24, 2.45) is 4.99 Å². The standard InChI is InChI=1S/C23H31FN4O.HI/c1-15-10-11-18(13-20(15)24)16(2)27-22(25-6)26-14-17-8-7-9-19(12-17)21(29)28-23(3,4)5;/h7-13,16H,14H2,1-6H3,(H,28,29)(H2,25,26,27);1H. The monoisotopic (exact) mass is 526 g/mol. The minimum Gasteiger partial charge on any atom is -0.352 e. The molecule has 30 heavy (non-hydrogen) atoms. The van der Waals surface area contributed by atoms with E-state index < -0.39 is 0 Å². The third-order valence-electron chi connectivity index (χ3n) is 4.41. The molecule has 2 aromatic rings. The fourth-order valence-corrected chi connectivity index (χ4v) is 2.78. The van der Waals surface area contributed by atoms with Crippen molar-refractivity contribution < 1.29 is 9.18 Å². The minimum atomic E-state index is -0.289. The predicted molar refractivity (Wildman–Crippen MR) is 132 cm³/mol. The Morgan fingerprint density at radius 2 is 1.87 bits per heavy atom. The fraction of sp³-hybridized carbons (Fsp3) is 0.391. The number of rotatable bonds is 5. The van der Waals surface area contributed by atoms with Crippen LogP contribution in [0.25, 0.3) is 0 Å².